The third kappa shape index (κ3) is 1.75. The van der Waals surface area contributed by atoms with Gasteiger partial charge in [0.2, 0.25) is 17.5 Å². The van der Waals surface area contributed by atoms with Gasteiger partial charge in [0, 0.05) is 16.7 Å². The molecule has 1 aromatic carbocycles. The van der Waals surface area contributed by atoms with Crippen LogP contribution in [0.4, 0.5) is 5.69 Å². The van der Waals surface area contributed by atoms with E-state index in [9.17, 15) is 19.2 Å². The zero-order valence-corrected chi connectivity index (χ0v) is 14.4. The summed E-state index contributed by atoms with van der Waals surface area (Å²) in [6.45, 7) is 6.89. The van der Waals surface area contributed by atoms with Crippen molar-refractivity contribution in [3.8, 4) is 0 Å². The maximum absolute atomic E-state index is 13.0. The fourth-order valence-electron chi connectivity index (χ4n) is 4.33. The molecule has 2 atom stereocenters. The number of ketones is 3. The lowest BCUT2D eigenvalue weighted by atomic mass is 9.64. The predicted molar refractivity (Wildman–Crippen MR) is 88.6 cm³/mol. The second-order valence-electron chi connectivity index (χ2n) is 7.61. The van der Waals surface area contributed by atoms with E-state index in [1.165, 1.54) is 6.92 Å². The zero-order chi connectivity index (χ0) is 17.9. The molecule has 2 unspecified atom stereocenters. The summed E-state index contributed by atoms with van der Waals surface area (Å²) in [5, 5.41) is 2.76. The Balaban J connectivity index is 1.98. The topological polar surface area (TPSA) is 80.3 Å². The number of anilines is 1. The third-order valence-corrected chi connectivity index (χ3v) is 6.46. The van der Waals surface area contributed by atoms with Crippen LogP contribution >= 0.6 is 0 Å². The number of carbonyl (C=O) groups excluding carboxylic acids is 4. The van der Waals surface area contributed by atoms with Crippen LogP contribution in [0, 0.1) is 16.2 Å². The molecular formula is C19H21NO4. The van der Waals surface area contributed by atoms with Crippen molar-refractivity contribution in [3.63, 3.8) is 0 Å². The van der Waals surface area contributed by atoms with Crippen molar-refractivity contribution in [1.29, 1.82) is 0 Å². The Hall–Kier alpha value is -2.30. The van der Waals surface area contributed by atoms with Crippen LogP contribution < -0.4 is 5.32 Å². The molecule has 1 aromatic rings. The molecule has 1 N–H and O–H groups in total. The molecule has 2 fully saturated rings. The van der Waals surface area contributed by atoms with Gasteiger partial charge in [-0.05, 0) is 37.3 Å². The van der Waals surface area contributed by atoms with Gasteiger partial charge in [-0.3, -0.25) is 19.2 Å². The van der Waals surface area contributed by atoms with Crippen molar-refractivity contribution in [2.45, 2.75) is 40.5 Å². The molecule has 126 valence electrons. The van der Waals surface area contributed by atoms with Crippen molar-refractivity contribution >= 4 is 28.9 Å². The van der Waals surface area contributed by atoms with Gasteiger partial charge in [-0.1, -0.05) is 32.9 Å². The maximum atomic E-state index is 13.0. The minimum Gasteiger partial charge on any atom is -0.325 e. The summed E-state index contributed by atoms with van der Waals surface area (Å²) >= 11 is 0. The lowest BCUT2D eigenvalue weighted by Crippen LogP contribution is -2.47. The molecule has 5 nitrogen and oxygen atoms in total. The van der Waals surface area contributed by atoms with Crippen molar-refractivity contribution in [1.82, 2.24) is 0 Å². The molecule has 0 aliphatic heterocycles. The minimum absolute atomic E-state index is 0.106. The van der Waals surface area contributed by atoms with E-state index in [4.69, 9.17) is 0 Å². The first kappa shape index (κ1) is 16.6. The normalized spacial score (nSPS) is 30.5. The fraction of sp³-hybridized carbons (Fsp3) is 0.474. The van der Waals surface area contributed by atoms with Gasteiger partial charge in [0.25, 0.3) is 0 Å². The number of fused-ring (bicyclic) bond motifs is 2. The summed E-state index contributed by atoms with van der Waals surface area (Å²) in [6, 6.07) is 6.59. The van der Waals surface area contributed by atoms with E-state index >= 15 is 0 Å². The van der Waals surface area contributed by atoms with Gasteiger partial charge in [0.15, 0.2) is 5.78 Å². The molecule has 0 radical (unpaired) electrons. The molecule has 0 heterocycles. The molecule has 0 spiro atoms. The number of hydrogen-bond donors (Lipinski definition) is 1. The summed E-state index contributed by atoms with van der Waals surface area (Å²) in [5.74, 6) is -1.58. The van der Waals surface area contributed by atoms with Crippen LogP contribution in [0.25, 0.3) is 0 Å². The van der Waals surface area contributed by atoms with E-state index in [1.807, 2.05) is 13.8 Å². The highest BCUT2D eigenvalue weighted by Gasteiger charge is 2.77. The van der Waals surface area contributed by atoms with Crippen molar-refractivity contribution in [2.24, 2.45) is 16.2 Å². The standard InChI is InChI=1S/C19H21NO4/c1-11(21)12-6-5-7-13(10-12)20-16(24)19-9-8-18(4,17(19,2)3)14(22)15(19)23/h5-7,10H,8-9H2,1-4H3,(H,20,24). The second-order valence-corrected chi connectivity index (χ2v) is 7.61. The van der Waals surface area contributed by atoms with E-state index in [-0.39, 0.29) is 5.78 Å². The van der Waals surface area contributed by atoms with Gasteiger partial charge in [0.05, 0.1) is 0 Å². The van der Waals surface area contributed by atoms with Crippen molar-refractivity contribution in [2.75, 3.05) is 5.32 Å². The number of nitrogens with one attached hydrogen (secondary N) is 1. The van der Waals surface area contributed by atoms with E-state index in [0.29, 0.717) is 24.1 Å². The molecule has 0 saturated heterocycles. The Morgan fingerprint density at radius 3 is 2.25 bits per heavy atom. The van der Waals surface area contributed by atoms with Crippen LogP contribution in [0.3, 0.4) is 0 Å². The van der Waals surface area contributed by atoms with E-state index in [2.05, 4.69) is 5.32 Å². The zero-order valence-electron chi connectivity index (χ0n) is 14.4. The summed E-state index contributed by atoms with van der Waals surface area (Å²) in [5.41, 5.74) is -1.92. The van der Waals surface area contributed by atoms with Gasteiger partial charge in [-0.25, -0.2) is 0 Å². The average molecular weight is 327 g/mol. The molecule has 2 saturated carbocycles. The average Bonchev–Trinajstić information content (AvgIpc) is 2.79. The van der Waals surface area contributed by atoms with Gasteiger partial charge in [-0.2, -0.15) is 0 Å². The first-order chi connectivity index (χ1) is 11.1. The fourth-order valence-corrected chi connectivity index (χ4v) is 4.33. The summed E-state index contributed by atoms with van der Waals surface area (Å²) in [6.07, 6.45) is 0.908. The van der Waals surface area contributed by atoms with Crippen LogP contribution in [0.2, 0.25) is 0 Å². The number of amides is 1. The molecule has 2 aliphatic carbocycles. The van der Waals surface area contributed by atoms with Crippen LogP contribution in [-0.2, 0) is 14.4 Å². The van der Waals surface area contributed by atoms with Gasteiger partial charge in [-0.15, -0.1) is 0 Å². The van der Waals surface area contributed by atoms with Crippen LogP contribution in [0.1, 0.15) is 50.9 Å². The lowest BCUT2D eigenvalue weighted by Gasteiger charge is -2.37. The Morgan fingerprint density at radius 1 is 1.04 bits per heavy atom. The van der Waals surface area contributed by atoms with E-state index < -0.39 is 33.7 Å². The maximum Gasteiger partial charge on any atom is 0.239 e. The minimum atomic E-state index is -1.33. The molecule has 2 bridgehead atoms. The quantitative estimate of drug-likeness (QED) is 0.526. The van der Waals surface area contributed by atoms with Crippen LogP contribution in [0.15, 0.2) is 24.3 Å². The monoisotopic (exact) mass is 327 g/mol. The first-order valence-electron chi connectivity index (χ1n) is 8.09. The third-order valence-electron chi connectivity index (χ3n) is 6.46. The van der Waals surface area contributed by atoms with E-state index in [0.717, 1.165) is 0 Å². The van der Waals surface area contributed by atoms with Crippen LogP contribution in [0.5, 0.6) is 0 Å². The molecular weight excluding hydrogens is 306 g/mol. The van der Waals surface area contributed by atoms with Crippen molar-refractivity contribution in [3.05, 3.63) is 29.8 Å². The van der Waals surface area contributed by atoms with Crippen molar-refractivity contribution < 1.29 is 19.2 Å². The Bertz CT molecular complexity index is 794. The summed E-state index contributed by atoms with van der Waals surface area (Å²) < 4.78 is 0. The van der Waals surface area contributed by atoms with E-state index in [1.54, 1.807) is 31.2 Å². The number of carbonyl (C=O) groups is 4. The van der Waals surface area contributed by atoms with Gasteiger partial charge >= 0.3 is 0 Å². The molecule has 24 heavy (non-hydrogen) atoms. The van der Waals surface area contributed by atoms with Crippen LogP contribution in [-0.4, -0.2) is 23.3 Å². The Labute approximate surface area is 140 Å². The molecule has 3 rings (SSSR count). The highest BCUT2D eigenvalue weighted by atomic mass is 16.2. The Morgan fingerprint density at radius 2 is 1.71 bits per heavy atom. The molecule has 2 aliphatic rings. The number of hydrogen-bond acceptors (Lipinski definition) is 4. The molecule has 5 heteroatoms. The largest absolute Gasteiger partial charge is 0.325 e. The smallest absolute Gasteiger partial charge is 0.239 e. The summed E-state index contributed by atoms with van der Waals surface area (Å²) in [7, 11) is 0. The molecule has 1 amide bonds. The number of Topliss-reactive ketones (excluding diaryl/α,β-unsaturated/α-hetero) is 3. The Kier molecular flexibility index (Phi) is 3.35. The van der Waals surface area contributed by atoms with Gasteiger partial charge < -0.3 is 5.32 Å². The predicted octanol–water partition coefficient (Wildman–Crippen LogP) is 2.79. The lowest BCUT2D eigenvalue weighted by molar-refractivity contribution is -0.147. The first-order valence-corrected chi connectivity index (χ1v) is 8.09. The second kappa shape index (κ2) is 4.85. The molecule has 0 aromatic heterocycles. The highest BCUT2D eigenvalue weighted by molar-refractivity contribution is 6.49. The SMILES string of the molecule is CC(=O)c1cccc(NC(=O)C23CCC(C)(C(=O)C2=O)C3(C)C)c1. The van der Waals surface area contributed by atoms with Gasteiger partial charge in [0.1, 0.15) is 5.41 Å². The number of benzene rings is 1. The highest BCUT2D eigenvalue weighted by Crippen LogP contribution is 2.69. The summed E-state index contributed by atoms with van der Waals surface area (Å²) in [4.78, 5) is 49.6. The number of rotatable bonds is 3.